The molecule has 1 aliphatic rings. The molecule has 1 fully saturated rings. The summed E-state index contributed by atoms with van der Waals surface area (Å²) in [6.07, 6.45) is 0.642. The van der Waals surface area contributed by atoms with Gasteiger partial charge in [-0.05, 0) is 24.6 Å². The lowest BCUT2D eigenvalue weighted by atomic mass is 9.97. The molecule has 0 bridgehead atoms. The van der Waals surface area contributed by atoms with Crippen molar-refractivity contribution in [2.24, 2.45) is 0 Å². The summed E-state index contributed by atoms with van der Waals surface area (Å²) >= 11 is 6.13. The van der Waals surface area contributed by atoms with Crippen molar-refractivity contribution < 1.29 is 9.32 Å². The minimum absolute atomic E-state index is 0.155. The molecule has 24 heavy (non-hydrogen) atoms. The van der Waals surface area contributed by atoms with Crippen LogP contribution in [0.15, 0.2) is 22.7 Å². The second kappa shape index (κ2) is 6.13. The van der Waals surface area contributed by atoms with Crippen LogP contribution in [0.1, 0.15) is 30.6 Å². The molecule has 1 aromatic carbocycles. The number of benzene rings is 1. The van der Waals surface area contributed by atoms with Crippen molar-refractivity contribution in [1.29, 1.82) is 5.26 Å². The standard InChI is InChI=1S/C16H16ClN5O2/c1-10(23)20-16(15-19-11(2)24-21-15)5-6-22(9-16)13-4-3-12(8-18)14(17)7-13/h3-4,7H,5-6,9H2,1-2H3,(H,20,23)/t16-/m0/s1. The van der Waals surface area contributed by atoms with Crippen molar-refractivity contribution in [2.45, 2.75) is 25.8 Å². The fourth-order valence-electron chi connectivity index (χ4n) is 2.99. The molecule has 7 nitrogen and oxygen atoms in total. The smallest absolute Gasteiger partial charge is 0.223 e. The highest BCUT2D eigenvalue weighted by molar-refractivity contribution is 6.32. The molecule has 124 valence electrons. The van der Waals surface area contributed by atoms with Gasteiger partial charge in [-0.3, -0.25) is 4.79 Å². The van der Waals surface area contributed by atoms with Crippen molar-refractivity contribution in [3.05, 3.63) is 40.5 Å². The maximum Gasteiger partial charge on any atom is 0.223 e. The molecule has 0 radical (unpaired) electrons. The number of amides is 1. The Morgan fingerprint density at radius 3 is 2.92 bits per heavy atom. The number of halogens is 1. The molecular formula is C16H16ClN5O2. The van der Waals surface area contributed by atoms with Gasteiger partial charge < -0.3 is 14.7 Å². The van der Waals surface area contributed by atoms with Gasteiger partial charge in [-0.15, -0.1) is 0 Å². The van der Waals surface area contributed by atoms with Crippen LogP contribution in [0.25, 0.3) is 0 Å². The number of nitrogens with zero attached hydrogens (tertiary/aromatic N) is 4. The number of aryl methyl sites for hydroxylation is 1. The SMILES string of the molecule is CC(=O)N[C@@]1(c2noc(C)n2)CCN(c2ccc(C#N)c(Cl)c2)C1. The second-order valence-corrected chi connectivity index (χ2v) is 6.26. The number of hydrogen-bond donors (Lipinski definition) is 1. The predicted octanol–water partition coefficient (Wildman–Crippen LogP) is 2.14. The number of rotatable bonds is 3. The van der Waals surface area contributed by atoms with Crippen molar-refractivity contribution in [3.63, 3.8) is 0 Å². The number of nitrogens with one attached hydrogen (secondary N) is 1. The largest absolute Gasteiger partial charge is 0.369 e. The summed E-state index contributed by atoms with van der Waals surface area (Å²) in [5.74, 6) is 0.768. The summed E-state index contributed by atoms with van der Waals surface area (Å²) in [7, 11) is 0. The van der Waals surface area contributed by atoms with E-state index in [1.807, 2.05) is 12.1 Å². The Hall–Kier alpha value is -2.59. The van der Waals surface area contributed by atoms with Crippen LogP contribution in [0.5, 0.6) is 0 Å². The highest BCUT2D eigenvalue weighted by Crippen LogP contribution is 2.34. The summed E-state index contributed by atoms with van der Waals surface area (Å²) in [6.45, 7) is 4.37. The number of carbonyl (C=O) groups excluding carboxylic acids is 1. The van der Waals surface area contributed by atoms with E-state index >= 15 is 0 Å². The second-order valence-electron chi connectivity index (χ2n) is 5.85. The summed E-state index contributed by atoms with van der Waals surface area (Å²) in [6, 6.07) is 7.33. The van der Waals surface area contributed by atoms with Crippen LogP contribution in [0.3, 0.4) is 0 Å². The number of aromatic nitrogens is 2. The molecule has 0 saturated carbocycles. The first-order valence-electron chi connectivity index (χ1n) is 7.48. The van der Waals surface area contributed by atoms with Crippen molar-refractivity contribution >= 4 is 23.2 Å². The Morgan fingerprint density at radius 2 is 2.33 bits per heavy atom. The lowest BCUT2D eigenvalue weighted by Gasteiger charge is -2.27. The molecule has 3 rings (SSSR count). The maximum atomic E-state index is 11.7. The molecule has 1 aliphatic heterocycles. The fraction of sp³-hybridized carbons (Fsp3) is 0.375. The topological polar surface area (TPSA) is 95.1 Å². The van der Waals surface area contributed by atoms with E-state index in [1.54, 1.807) is 19.1 Å². The van der Waals surface area contributed by atoms with Gasteiger partial charge in [0.2, 0.25) is 11.8 Å². The van der Waals surface area contributed by atoms with E-state index in [4.69, 9.17) is 21.4 Å². The molecule has 1 atom stereocenters. The van der Waals surface area contributed by atoms with Crippen LogP contribution in [0.2, 0.25) is 5.02 Å². The Bertz CT molecular complexity index is 828. The highest BCUT2D eigenvalue weighted by atomic mass is 35.5. The van der Waals surface area contributed by atoms with Crippen LogP contribution in [-0.4, -0.2) is 29.1 Å². The molecular weight excluding hydrogens is 330 g/mol. The predicted molar refractivity (Wildman–Crippen MR) is 87.5 cm³/mol. The quantitative estimate of drug-likeness (QED) is 0.915. The number of anilines is 1. The zero-order valence-corrected chi connectivity index (χ0v) is 14.1. The van der Waals surface area contributed by atoms with Crippen LogP contribution >= 0.6 is 11.6 Å². The van der Waals surface area contributed by atoms with Gasteiger partial charge in [0, 0.05) is 32.6 Å². The summed E-state index contributed by atoms with van der Waals surface area (Å²) < 4.78 is 5.09. The Kier molecular flexibility index (Phi) is 4.16. The van der Waals surface area contributed by atoms with E-state index in [0.717, 1.165) is 5.69 Å². The zero-order valence-electron chi connectivity index (χ0n) is 13.3. The van der Waals surface area contributed by atoms with E-state index in [1.165, 1.54) is 6.92 Å². The third kappa shape index (κ3) is 2.93. The zero-order chi connectivity index (χ0) is 17.3. The monoisotopic (exact) mass is 345 g/mol. The van der Waals surface area contributed by atoms with Gasteiger partial charge in [0.15, 0.2) is 5.82 Å². The minimum Gasteiger partial charge on any atom is -0.369 e. The first-order chi connectivity index (χ1) is 11.4. The van der Waals surface area contributed by atoms with Crippen molar-refractivity contribution in [2.75, 3.05) is 18.0 Å². The average molecular weight is 346 g/mol. The molecule has 0 unspecified atom stereocenters. The van der Waals surface area contributed by atoms with E-state index in [0.29, 0.717) is 41.8 Å². The Balaban J connectivity index is 1.91. The first kappa shape index (κ1) is 16.3. The van der Waals surface area contributed by atoms with Crippen LogP contribution in [0.4, 0.5) is 5.69 Å². The molecule has 0 spiro atoms. The molecule has 1 aromatic heterocycles. The highest BCUT2D eigenvalue weighted by Gasteiger charge is 2.44. The first-order valence-corrected chi connectivity index (χ1v) is 7.85. The van der Waals surface area contributed by atoms with Gasteiger partial charge in [-0.2, -0.15) is 10.2 Å². The lowest BCUT2D eigenvalue weighted by Crippen LogP contribution is -2.48. The van der Waals surface area contributed by atoms with Crippen LogP contribution in [-0.2, 0) is 10.3 Å². The summed E-state index contributed by atoms with van der Waals surface area (Å²) in [5, 5.41) is 16.4. The molecule has 1 N–H and O–H groups in total. The molecule has 1 saturated heterocycles. The molecule has 2 aromatic rings. The van der Waals surface area contributed by atoms with E-state index in [2.05, 4.69) is 20.4 Å². The summed E-state index contributed by atoms with van der Waals surface area (Å²) in [4.78, 5) is 18.1. The summed E-state index contributed by atoms with van der Waals surface area (Å²) in [5.41, 5.74) is 0.609. The van der Waals surface area contributed by atoms with E-state index in [-0.39, 0.29) is 5.91 Å². The van der Waals surface area contributed by atoms with Gasteiger partial charge in [-0.25, -0.2) is 0 Å². The van der Waals surface area contributed by atoms with Gasteiger partial charge in [-0.1, -0.05) is 16.8 Å². The van der Waals surface area contributed by atoms with Gasteiger partial charge in [0.05, 0.1) is 10.6 Å². The van der Waals surface area contributed by atoms with E-state index < -0.39 is 5.54 Å². The number of carbonyl (C=O) groups is 1. The van der Waals surface area contributed by atoms with Crippen LogP contribution < -0.4 is 10.2 Å². The molecule has 8 heteroatoms. The van der Waals surface area contributed by atoms with Gasteiger partial charge in [0.25, 0.3) is 0 Å². The minimum atomic E-state index is -0.704. The third-order valence-corrected chi connectivity index (χ3v) is 4.39. The number of hydrogen-bond acceptors (Lipinski definition) is 6. The van der Waals surface area contributed by atoms with Crippen molar-refractivity contribution in [1.82, 2.24) is 15.5 Å². The Labute approximate surface area is 144 Å². The fourth-order valence-corrected chi connectivity index (χ4v) is 3.21. The average Bonchev–Trinajstić information content (AvgIpc) is 3.14. The van der Waals surface area contributed by atoms with Crippen molar-refractivity contribution in [3.8, 4) is 6.07 Å². The number of nitriles is 1. The molecule has 2 heterocycles. The van der Waals surface area contributed by atoms with Gasteiger partial charge >= 0.3 is 0 Å². The lowest BCUT2D eigenvalue weighted by molar-refractivity contribution is -0.120. The Morgan fingerprint density at radius 1 is 1.54 bits per heavy atom. The molecule has 1 amide bonds. The normalized spacial score (nSPS) is 20.0. The van der Waals surface area contributed by atoms with Gasteiger partial charge in [0.1, 0.15) is 11.6 Å². The van der Waals surface area contributed by atoms with E-state index in [9.17, 15) is 4.79 Å². The molecule has 0 aliphatic carbocycles. The van der Waals surface area contributed by atoms with Crippen LogP contribution in [0, 0.1) is 18.3 Å². The third-order valence-electron chi connectivity index (χ3n) is 4.08. The maximum absolute atomic E-state index is 11.7.